The van der Waals surface area contributed by atoms with Crippen LogP contribution in [0.15, 0.2) is 18.2 Å². The van der Waals surface area contributed by atoms with Crippen molar-refractivity contribution in [3.8, 4) is 0 Å². The number of morpholine rings is 1. The first-order valence-electron chi connectivity index (χ1n) is 9.45. The molecule has 0 radical (unpaired) electrons. The summed E-state index contributed by atoms with van der Waals surface area (Å²) < 4.78 is 5.43. The fourth-order valence-electron chi connectivity index (χ4n) is 4.10. The molecule has 2 saturated heterocycles. The molecule has 140 valence electrons. The van der Waals surface area contributed by atoms with Gasteiger partial charge in [-0.3, -0.25) is 9.80 Å². The second-order valence-corrected chi connectivity index (χ2v) is 8.73. The lowest BCUT2D eigenvalue weighted by Gasteiger charge is -2.47. The second kappa shape index (κ2) is 7.83. The van der Waals surface area contributed by atoms with Crippen LogP contribution in [0.3, 0.4) is 0 Å². The van der Waals surface area contributed by atoms with Crippen LogP contribution in [0.4, 0.5) is 5.69 Å². The van der Waals surface area contributed by atoms with Gasteiger partial charge in [-0.15, -0.1) is 0 Å². The van der Waals surface area contributed by atoms with Crippen molar-refractivity contribution in [3.05, 3.63) is 28.8 Å². The molecule has 3 rings (SSSR count). The van der Waals surface area contributed by atoms with E-state index in [9.17, 15) is 0 Å². The van der Waals surface area contributed by atoms with Gasteiger partial charge in [0.15, 0.2) is 0 Å². The molecule has 2 aliphatic rings. The molecule has 1 atom stereocenters. The van der Waals surface area contributed by atoms with Crippen LogP contribution in [0.1, 0.15) is 33.3 Å². The van der Waals surface area contributed by atoms with Crippen molar-refractivity contribution in [1.29, 1.82) is 0 Å². The summed E-state index contributed by atoms with van der Waals surface area (Å²) in [7, 11) is 0. The number of ether oxygens (including phenoxy) is 1. The van der Waals surface area contributed by atoms with E-state index >= 15 is 0 Å². The molecule has 5 heteroatoms. The van der Waals surface area contributed by atoms with Crippen LogP contribution in [0.2, 0.25) is 5.02 Å². The van der Waals surface area contributed by atoms with Gasteiger partial charge in [-0.05, 0) is 45.4 Å². The van der Waals surface area contributed by atoms with Gasteiger partial charge in [0.2, 0.25) is 0 Å². The highest BCUT2D eigenvalue weighted by Crippen LogP contribution is 2.27. The van der Waals surface area contributed by atoms with Gasteiger partial charge >= 0.3 is 0 Å². The van der Waals surface area contributed by atoms with Crippen LogP contribution >= 0.6 is 11.6 Å². The monoisotopic (exact) mass is 365 g/mol. The van der Waals surface area contributed by atoms with Crippen molar-refractivity contribution in [1.82, 2.24) is 9.80 Å². The average Bonchev–Trinajstić information content (AvgIpc) is 2.56. The maximum atomic E-state index is 6.61. The Bertz CT molecular complexity index is 581. The number of nitrogens with zero attached hydrogens (tertiary/aromatic N) is 3. The molecule has 0 bridgehead atoms. The molecule has 25 heavy (non-hydrogen) atoms. The predicted octanol–water partition coefficient (Wildman–Crippen LogP) is 3.48. The molecule has 1 aromatic carbocycles. The van der Waals surface area contributed by atoms with E-state index in [-0.39, 0.29) is 5.54 Å². The number of piperazine rings is 1. The van der Waals surface area contributed by atoms with Crippen molar-refractivity contribution in [2.24, 2.45) is 0 Å². The summed E-state index contributed by atoms with van der Waals surface area (Å²) in [6.07, 6.45) is 0. The maximum absolute atomic E-state index is 6.61. The molecule has 2 fully saturated rings. The van der Waals surface area contributed by atoms with Gasteiger partial charge < -0.3 is 9.64 Å². The van der Waals surface area contributed by atoms with Gasteiger partial charge in [-0.1, -0.05) is 17.7 Å². The zero-order chi connectivity index (χ0) is 18.0. The summed E-state index contributed by atoms with van der Waals surface area (Å²) in [6.45, 7) is 17.0. The minimum Gasteiger partial charge on any atom is -0.378 e. The number of halogens is 1. The number of hydrogen-bond acceptors (Lipinski definition) is 4. The van der Waals surface area contributed by atoms with Gasteiger partial charge in [0.25, 0.3) is 0 Å². The van der Waals surface area contributed by atoms with Crippen LogP contribution in [-0.4, -0.2) is 67.3 Å². The van der Waals surface area contributed by atoms with E-state index in [4.69, 9.17) is 16.3 Å². The summed E-state index contributed by atoms with van der Waals surface area (Å²) in [5.41, 5.74) is 2.68. The summed E-state index contributed by atoms with van der Waals surface area (Å²) in [5, 5.41) is 0.884. The van der Waals surface area contributed by atoms with Gasteiger partial charge in [0.1, 0.15) is 0 Å². The summed E-state index contributed by atoms with van der Waals surface area (Å²) in [5.74, 6) is 0. The van der Waals surface area contributed by atoms with E-state index in [1.165, 1.54) is 11.3 Å². The number of benzene rings is 1. The lowest BCUT2D eigenvalue weighted by atomic mass is 10.0. The first kappa shape index (κ1) is 19.0. The predicted molar refractivity (Wildman–Crippen MR) is 106 cm³/mol. The molecule has 0 spiro atoms. The van der Waals surface area contributed by atoms with Crippen molar-refractivity contribution < 1.29 is 4.74 Å². The van der Waals surface area contributed by atoms with E-state index in [0.29, 0.717) is 6.04 Å². The molecule has 4 nitrogen and oxygen atoms in total. The Morgan fingerprint density at radius 2 is 1.84 bits per heavy atom. The van der Waals surface area contributed by atoms with Crippen LogP contribution in [0, 0.1) is 0 Å². The molecule has 1 aromatic rings. The Morgan fingerprint density at radius 3 is 2.44 bits per heavy atom. The first-order valence-corrected chi connectivity index (χ1v) is 9.82. The highest BCUT2D eigenvalue weighted by molar-refractivity contribution is 6.31. The Hall–Kier alpha value is -0.810. The molecular formula is C20H32ClN3O. The number of hydrogen-bond donors (Lipinski definition) is 0. The third kappa shape index (κ3) is 4.68. The zero-order valence-electron chi connectivity index (χ0n) is 16.1. The van der Waals surface area contributed by atoms with Gasteiger partial charge in [-0.2, -0.15) is 0 Å². The zero-order valence-corrected chi connectivity index (χ0v) is 16.9. The van der Waals surface area contributed by atoms with Crippen LogP contribution in [0.5, 0.6) is 0 Å². The van der Waals surface area contributed by atoms with E-state index < -0.39 is 0 Å². The first-order chi connectivity index (χ1) is 11.8. The summed E-state index contributed by atoms with van der Waals surface area (Å²) in [6, 6.07) is 7.10. The molecule has 0 N–H and O–H groups in total. The molecule has 0 unspecified atom stereocenters. The molecule has 0 saturated carbocycles. The van der Waals surface area contributed by atoms with Crippen molar-refractivity contribution >= 4 is 17.3 Å². The molecule has 0 amide bonds. The van der Waals surface area contributed by atoms with E-state index in [1.54, 1.807) is 0 Å². The Morgan fingerprint density at radius 1 is 1.12 bits per heavy atom. The molecular weight excluding hydrogens is 334 g/mol. The average molecular weight is 366 g/mol. The Balaban J connectivity index is 1.62. The lowest BCUT2D eigenvalue weighted by Crippen LogP contribution is -2.57. The normalized spacial score (nSPS) is 23.9. The number of rotatable bonds is 3. The third-order valence-corrected chi connectivity index (χ3v) is 5.73. The van der Waals surface area contributed by atoms with Gasteiger partial charge in [-0.25, -0.2) is 0 Å². The minimum absolute atomic E-state index is 0.239. The van der Waals surface area contributed by atoms with Crippen LogP contribution < -0.4 is 4.90 Å². The van der Waals surface area contributed by atoms with Crippen molar-refractivity contribution in [2.45, 2.75) is 45.8 Å². The summed E-state index contributed by atoms with van der Waals surface area (Å²) >= 11 is 6.61. The molecule has 0 aliphatic carbocycles. The van der Waals surface area contributed by atoms with Gasteiger partial charge in [0, 0.05) is 61.6 Å². The molecule has 2 heterocycles. The Labute approximate surface area is 157 Å². The Kier molecular flexibility index (Phi) is 5.94. The fourth-order valence-corrected chi connectivity index (χ4v) is 4.33. The smallest absolute Gasteiger partial charge is 0.0642 e. The largest absolute Gasteiger partial charge is 0.378 e. The topological polar surface area (TPSA) is 19.0 Å². The second-order valence-electron chi connectivity index (χ2n) is 8.32. The standard InChI is InChI=1S/C20H32ClN3O/c1-16-14-22(7-8-24(16)20(2,3)4)15-17-5-6-18(13-19(17)21)23-9-11-25-12-10-23/h5-6,13,16H,7-12,14-15H2,1-4H3/t16-/m0/s1. The molecule has 2 aliphatic heterocycles. The number of anilines is 1. The SMILES string of the molecule is C[C@H]1CN(Cc2ccc(N3CCOCC3)cc2Cl)CCN1C(C)(C)C. The summed E-state index contributed by atoms with van der Waals surface area (Å²) in [4.78, 5) is 7.48. The third-order valence-electron chi connectivity index (χ3n) is 5.38. The van der Waals surface area contributed by atoms with E-state index in [1.807, 2.05) is 0 Å². The van der Waals surface area contributed by atoms with Crippen LogP contribution in [-0.2, 0) is 11.3 Å². The van der Waals surface area contributed by atoms with Crippen molar-refractivity contribution in [3.63, 3.8) is 0 Å². The van der Waals surface area contributed by atoms with E-state index in [0.717, 1.165) is 57.5 Å². The van der Waals surface area contributed by atoms with Crippen molar-refractivity contribution in [2.75, 3.05) is 50.8 Å². The highest BCUT2D eigenvalue weighted by atomic mass is 35.5. The van der Waals surface area contributed by atoms with E-state index in [2.05, 4.69) is 60.6 Å². The highest BCUT2D eigenvalue weighted by Gasteiger charge is 2.31. The fraction of sp³-hybridized carbons (Fsp3) is 0.700. The van der Waals surface area contributed by atoms with Crippen LogP contribution in [0.25, 0.3) is 0 Å². The quantitative estimate of drug-likeness (QED) is 0.816. The van der Waals surface area contributed by atoms with Gasteiger partial charge in [0.05, 0.1) is 13.2 Å². The lowest BCUT2D eigenvalue weighted by molar-refractivity contribution is 0.0152. The minimum atomic E-state index is 0.239. The maximum Gasteiger partial charge on any atom is 0.0642 e. The molecule has 0 aromatic heterocycles.